The molecule has 1 aliphatic heterocycles. The summed E-state index contributed by atoms with van der Waals surface area (Å²) in [6, 6.07) is 5.57. The van der Waals surface area contributed by atoms with E-state index in [-0.39, 0.29) is 5.91 Å². The van der Waals surface area contributed by atoms with Gasteiger partial charge in [-0.25, -0.2) is 4.98 Å². The molecule has 1 aliphatic rings. The number of likely N-dealkylation sites (tertiary alicyclic amines) is 1. The van der Waals surface area contributed by atoms with Gasteiger partial charge in [0, 0.05) is 58.0 Å². The number of aryl methyl sites for hydroxylation is 2. The molecule has 1 unspecified atom stereocenters. The van der Waals surface area contributed by atoms with Crippen molar-refractivity contribution in [1.82, 2.24) is 25.0 Å². The average Bonchev–Trinajstić information content (AvgIpc) is 3.28. The van der Waals surface area contributed by atoms with Gasteiger partial charge in [0.2, 0.25) is 5.91 Å². The second-order valence-corrected chi connectivity index (χ2v) is 6.82. The van der Waals surface area contributed by atoms with Crippen LogP contribution in [0.1, 0.15) is 30.0 Å². The van der Waals surface area contributed by atoms with Crippen LogP contribution >= 0.6 is 0 Å². The van der Waals surface area contributed by atoms with Gasteiger partial charge < -0.3 is 15.5 Å². The minimum Gasteiger partial charge on any atom is -0.356 e. The summed E-state index contributed by atoms with van der Waals surface area (Å²) >= 11 is 0. The molecule has 3 rings (SSSR count). The number of aliphatic imine (C=N–C) groups is 1. The van der Waals surface area contributed by atoms with Crippen LogP contribution in [0.5, 0.6) is 0 Å². The normalized spacial score (nSPS) is 17.2. The molecular formula is C19H27N7O. The summed E-state index contributed by atoms with van der Waals surface area (Å²) in [5.41, 5.74) is 2.14. The van der Waals surface area contributed by atoms with Crippen LogP contribution in [-0.4, -0.2) is 58.2 Å². The lowest BCUT2D eigenvalue weighted by Gasteiger charge is -2.21. The van der Waals surface area contributed by atoms with Crippen LogP contribution in [0.25, 0.3) is 0 Å². The molecule has 1 atom stereocenters. The predicted octanol–water partition coefficient (Wildman–Crippen LogP) is 1.52. The largest absolute Gasteiger partial charge is 0.356 e. The average molecular weight is 369 g/mol. The fourth-order valence-corrected chi connectivity index (χ4v) is 3.31. The number of rotatable bonds is 5. The predicted molar refractivity (Wildman–Crippen MR) is 106 cm³/mol. The second kappa shape index (κ2) is 8.66. The maximum atomic E-state index is 12.1. The van der Waals surface area contributed by atoms with Crippen molar-refractivity contribution in [2.45, 2.75) is 25.7 Å². The summed E-state index contributed by atoms with van der Waals surface area (Å²) in [5.74, 6) is 1.82. The Balaban J connectivity index is 1.45. The standard InChI is InChI=1S/C19H27N7O/c1-14-5-4-6-17(23-14)24-18(27)7-9-21-19(20-2)26-10-8-15(13-26)16-11-22-25(3)12-16/h4-6,11-12,15H,7-10,13H2,1-3H3,(H,20,21)(H,23,24,27). The van der Waals surface area contributed by atoms with Gasteiger partial charge in [-0.2, -0.15) is 5.10 Å². The number of aromatic nitrogens is 3. The van der Waals surface area contributed by atoms with Crippen molar-refractivity contribution in [3.8, 4) is 0 Å². The maximum absolute atomic E-state index is 12.1. The van der Waals surface area contributed by atoms with Crippen molar-refractivity contribution in [2.24, 2.45) is 12.0 Å². The Kier molecular flexibility index (Phi) is 6.05. The molecule has 2 aromatic rings. The Morgan fingerprint density at radius 3 is 2.96 bits per heavy atom. The molecule has 1 saturated heterocycles. The number of amides is 1. The molecule has 8 nitrogen and oxygen atoms in total. The monoisotopic (exact) mass is 369 g/mol. The van der Waals surface area contributed by atoms with E-state index in [2.05, 4.69) is 36.8 Å². The smallest absolute Gasteiger partial charge is 0.227 e. The minimum absolute atomic E-state index is 0.0642. The number of carbonyl (C=O) groups is 1. The van der Waals surface area contributed by atoms with E-state index >= 15 is 0 Å². The van der Waals surface area contributed by atoms with Gasteiger partial charge in [-0.15, -0.1) is 0 Å². The summed E-state index contributed by atoms with van der Waals surface area (Å²) in [6.07, 6.45) is 5.45. The third-order valence-electron chi connectivity index (χ3n) is 4.69. The van der Waals surface area contributed by atoms with Gasteiger partial charge in [0.25, 0.3) is 0 Å². The molecule has 2 N–H and O–H groups in total. The molecule has 2 aromatic heterocycles. The summed E-state index contributed by atoms with van der Waals surface area (Å²) in [6.45, 7) is 4.28. The van der Waals surface area contributed by atoms with E-state index in [1.54, 1.807) is 13.1 Å². The Morgan fingerprint density at radius 1 is 1.41 bits per heavy atom. The summed E-state index contributed by atoms with van der Waals surface area (Å²) < 4.78 is 1.84. The van der Waals surface area contributed by atoms with Crippen LogP contribution in [-0.2, 0) is 11.8 Å². The lowest BCUT2D eigenvalue weighted by atomic mass is 10.0. The Labute approximate surface area is 159 Å². The highest BCUT2D eigenvalue weighted by Gasteiger charge is 2.26. The number of nitrogens with zero attached hydrogens (tertiary/aromatic N) is 5. The van der Waals surface area contributed by atoms with Crippen molar-refractivity contribution >= 4 is 17.7 Å². The van der Waals surface area contributed by atoms with E-state index in [0.29, 0.717) is 24.7 Å². The number of nitrogens with one attached hydrogen (secondary N) is 2. The van der Waals surface area contributed by atoms with Crippen LogP contribution in [0.4, 0.5) is 5.82 Å². The number of guanidine groups is 1. The van der Waals surface area contributed by atoms with E-state index in [0.717, 1.165) is 31.2 Å². The first-order chi connectivity index (χ1) is 13.0. The van der Waals surface area contributed by atoms with E-state index in [9.17, 15) is 4.79 Å². The highest BCUT2D eigenvalue weighted by Crippen LogP contribution is 2.26. The van der Waals surface area contributed by atoms with E-state index in [4.69, 9.17) is 0 Å². The van der Waals surface area contributed by atoms with Crippen LogP contribution in [0, 0.1) is 6.92 Å². The summed E-state index contributed by atoms with van der Waals surface area (Å²) in [5, 5.41) is 10.4. The van der Waals surface area contributed by atoms with Gasteiger partial charge in [0.05, 0.1) is 6.20 Å². The highest BCUT2D eigenvalue weighted by molar-refractivity contribution is 5.90. The Hall–Kier alpha value is -2.90. The van der Waals surface area contributed by atoms with Crippen molar-refractivity contribution in [3.63, 3.8) is 0 Å². The lowest BCUT2D eigenvalue weighted by Crippen LogP contribution is -2.41. The first-order valence-corrected chi connectivity index (χ1v) is 9.23. The molecule has 0 saturated carbocycles. The number of anilines is 1. The molecule has 3 heterocycles. The molecule has 0 aliphatic carbocycles. The minimum atomic E-state index is -0.0642. The molecule has 8 heteroatoms. The molecular weight excluding hydrogens is 342 g/mol. The van der Waals surface area contributed by atoms with Crippen LogP contribution in [0.15, 0.2) is 35.6 Å². The molecule has 27 heavy (non-hydrogen) atoms. The zero-order chi connectivity index (χ0) is 19.2. The second-order valence-electron chi connectivity index (χ2n) is 6.82. The molecule has 144 valence electrons. The SMILES string of the molecule is CN=C(NCCC(=O)Nc1cccc(C)n1)N1CCC(c2cnn(C)c2)C1. The molecule has 0 bridgehead atoms. The quantitative estimate of drug-likeness (QED) is 0.616. The zero-order valence-electron chi connectivity index (χ0n) is 16.1. The van der Waals surface area contributed by atoms with Crippen molar-refractivity contribution < 1.29 is 4.79 Å². The fraction of sp³-hybridized carbons (Fsp3) is 0.474. The van der Waals surface area contributed by atoms with Crippen LogP contribution < -0.4 is 10.6 Å². The van der Waals surface area contributed by atoms with Gasteiger partial charge in [0.1, 0.15) is 5.82 Å². The topological polar surface area (TPSA) is 87.4 Å². The zero-order valence-corrected chi connectivity index (χ0v) is 16.1. The Bertz CT molecular complexity index is 814. The highest BCUT2D eigenvalue weighted by atomic mass is 16.1. The molecule has 1 amide bonds. The lowest BCUT2D eigenvalue weighted by molar-refractivity contribution is -0.116. The van der Waals surface area contributed by atoms with Gasteiger partial charge in [-0.3, -0.25) is 14.5 Å². The van der Waals surface area contributed by atoms with Crippen LogP contribution in [0.3, 0.4) is 0 Å². The third-order valence-corrected chi connectivity index (χ3v) is 4.69. The Morgan fingerprint density at radius 2 is 2.26 bits per heavy atom. The number of pyridine rings is 1. The fourth-order valence-electron chi connectivity index (χ4n) is 3.31. The molecule has 0 spiro atoms. The molecule has 0 aromatic carbocycles. The number of hydrogen-bond donors (Lipinski definition) is 2. The van der Waals surface area contributed by atoms with E-state index in [1.165, 1.54) is 5.56 Å². The van der Waals surface area contributed by atoms with Crippen molar-refractivity contribution in [2.75, 3.05) is 32.0 Å². The van der Waals surface area contributed by atoms with Gasteiger partial charge in [0.15, 0.2) is 5.96 Å². The van der Waals surface area contributed by atoms with E-state index in [1.807, 2.05) is 37.0 Å². The summed E-state index contributed by atoms with van der Waals surface area (Å²) in [7, 11) is 3.71. The van der Waals surface area contributed by atoms with Gasteiger partial charge in [-0.1, -0.05) is 6.07 Å². The van der Waals surface area contributed by atoms with Crippen LogP contribution in [0.2, 0.25) is 0 Å². The molecule has 1 fully saturated rings. The maximum Gasteiger partial charge on any atom is 0.227 e. The third kappa shape index (κ3) is 5.06. The summed E-state index contributed by atoms with van der Waals surface area (Å²) in [4.78, 5) is 23.0. The first kappa shape index (κ1) is 18.9. The number of carbonyl (C=O) groups excluding carboxylic acids is 1. The number of hydrogen-bond acceptors (Lipinski definition) is 4. The van der Waals surface area contributed by atoms with Gasteiger partial charge in [-0.05, 0) is 31.0 Å². The van der Waals surface area contributed by atoms with Gasteiger partial charge >= 0.3 is 0 Å². The first-order valence-electron chi connectivity index (χ1n) is 9.23. The van der Waals surface area contributed by atoms with Crippen molar-refractivity contribution in [1.29, 1.82) is 0 Å². The van der Waals surface area contributed by atoms with Crippen molar-refractivity contribution in [3.05, 3.63) is 41.9 Å². The molecule has 0 radical (unpaired) electrons. The van der Waals surface area contributed by atoms with E-state index < -0.39 is 0 Å².